The molecule has 2 aromatic heterocycles. The SMILES string of the molecule is Cc1cc(NC(=O)c2ccccn2)nn1-c1ccccc1. The van der Waals surface area contributed by atoms with Gasteiger partial charge in [0, 0.05) is 18.0 Å². The van der Waals surface area contributed by atoms with Crippen molar-refractivity contribution in [2.45, 2.75) is 6.92 Å². The van der Waals surface area contributed by atoms with E-state index in [-0.39, 0.29) is 5.91 Å². The number of nitrogens with one attached hydrogen (secondary N) is 1. The van der Waals surface area contributed by atoms with Gasteiger partial charge < -0.3 is 5.32 Å². The van der Waals surface area contributed by atoms with Gasteiger partial charge in [-0.15, -0.1) is 5.10 Å². The first kappa shape index (κ1) is 13.1. The van der Waals surface area contributed by atoms with Crippen LogP contribution in [-0.2, 0) is 0 Å². The first-order chi connectivity index (χ1) is 10.2. The molecule has 0 aliphatic carbocycles. The van der Waals surface area contributed by atoms with E-state index in [4.69, 9.17) is 0 Å². The van der Waals surface area contributed by atoms with Crippen molar-refractivity contribution in [2.24, 2.45) is 0 Å². The van der Waals surface area contributed by atoms with Crippen LogP contribution in [0.1, 0.15) is 16.2 Å². The minimum Gasteiger partial charge on any atom is -0.304 e. The van der Waals surface area contributed by atoms with Gasteiger partial charge in [-0.05, 0) is 31.2 Å². The molecule has 0 spiro atoms. The lowest BCUT2D eigenvalue weighted by molar-refractivity contribution is 0.102. The third-order valence-corrected chi connectivity index (χ3v) is 3.03. The molecule has 3 aromatic rings. The van der Waals surface area contributed by atoms with Crippen molar-refractivity contribution in [3.8, 4) is 5.69 Å². The standard InChI is InChI=1S/C16H14N4O/c1-12-11-15(18-16(21)14-9-5-6-10-17-14)19-20(12)13-7-3-2-4-8-13/h2-11H,1H3,(H,18,19,21). The van der Waals surface area contributed by atoms with Gasteiger partial charge in [-0.3, -0.25) is 9.78 Å². The minimum absolute atomic E-state index is 0.270. The second kappa shape index (κ2) is 5.58. The van der Waals surface area contributed by atoms with Crippen LogP contribution in [0, 0.1) is 6.92 Å². The average molecular weight is 278 g/mol. The molecule has 0 radical (unpaired) electrons. The Morgan fingerprint density at radius 1 is 1.10 bits per heavy atom. The van der Waals surface area contributed by atoms with Gasteiger partial charge in [0.1, 0.15) is 5.69 Å². The molecule has 0 aliphatic heterocycles. The molecule has 1 amide bonds. The summed E-state index contributed by atoms with van der Waals surface area (Å²) in [4.78, 5) is 16.1. The zero-order chi connectivity index (χ0) is 14.7. The summed E-state index contributed by atoms with van der Waals surface area (Å²) >= 11 is 0. The topological polar surface area (TPSA) is 59.8 Å². The zero-order valence-electron chi connectivity index (χ0n) is 11.5. The van der Waals surface area contributed by atoms with Crippen LogP contribution in [-0.4, -0.2) is 20.7 Å². The first-order valence-corrected chi connectivity index (χ1v) is 6.58. The molecular weight excluding hydrogens is 264 g/mol. The highest BCUT2D eigenvalue weighted by molar-refractivity contribution is 6.02. The van der Waals surface area contributed by atoms with Crippen LogP contribution < -0.4 is 5.32 Å². The largest absolute Gasteiger partial charge is 0.304 e. The van der Waals surface area contributed by atoms with Crippen molar-refractivity contribution in [3.05, 3.63) is 72.2 Å². The fourth-order valence-electron chi connectivity index (χ4n) is 2.04. The summed E-state index contributed by atoms with van der Waals surface area (Å²) in [6.07, 6.45) is 1.59. The summed E-state index contributed by atoms with van der Waals surface area (Å²) in [6, 6.07) is 16.8. The Morgan fingerprint density at radius 2 is 1.86 bits per heavy atom. The van der Waals surface area contributed by atoms with Crippen LogP contribution >= 0.6 is 0 Å². The highest BCUT2D eigenvalue weighted by Crippen LogP contribution is 2.15. The number of amides is 1. The number of aromatic nitrogens is 3. The van der Waals surface area contributed by atoms with Crippen LogP contribution in [0.15, 0.2) is 60.8 Å². The normalized spacial score (nSPS) is 10.3. The number of hydrogen-bond donors (Lipinski definition) is 1. The molecule has 0 fully saturated rings. The molecule has 5 nitrogen and oxygen atoms in total. The number of carbonyl (C=O) groups excluding carboxylic acids is 1. The Morgan fingerprint density at radius 3 is 2.57 bits per heavy atom. The Labute approximate surface area is 122 Å². The maximum absolute atomic E-state index is 12.0. The van der Waals surface area contributed by atoms with E-state index in [1.165, 1.54) is 0 Å². The van der Waals surface area contributed by atoms with E-state index in [2.05, 4.69) is 15.4 Å². The molecule has 0 bridgehead atoms. The van der Waals surface area contributed by atoms with E-state index >= 15 is 0 Å². The number of anilines is 1. The summed E-state index contributed by atoms with van der Waals surface area (Å²) in [5.41, 5.74) is 2.26. The Balaban J connectivity index is 1.84. The number of para-hydroxylation sites is 1. The summed E-state index contributed by atoms with van der Waals surface area (Å²) in [5, 5.41) is 7.16. The van der Waals surface area contributed by atoms with E-state index in [0.717, 1.165) is 11.4 Å². The van der Waals surface area contributed by atoms with Crippen LogP contribution in [0.3, 0.4) is 0 Å². The summed E-state index contributed by atoms with van der Waals surface area (Å²) in [6.45, 7) is 1.94. The Hall–Kier alpha value is -2.95. The average Bonchev–Trinajstić information content (AvgIpc) is 2.89. The Bertz CT molecular complexity index is 750. The molecule has 0 saturated heterocycles. The van der Waals surface area contributed by atoms with Crippen LogP contribution in [0.2, 0.25) is 0 Å². The minimum atomic E-state index is -0.270. The monoisotopic (exact) mass is 278 g/mol. The number of aryl methyl sites for hydroxylation is 1. The maximum atomic E-state index is 12.0. The van der Waals surface area contributed by atoms with Crippen molar-refractivity contribution in [3.63, 3.8) is 0 Å². The second-order valence-corrected chi connectivity index (χ2v) is 4.59. The second-order valence-electron chi connectivity index (χ2n) is 4.59. The van der Waals surface area contributed by atoms with Gasteiger partial charge in [0.15, 0.2) is 5.82 Å². The number of pyridine rings is 1. The Kier molecular flexibility index (Phi) is 3.47. The fourth-order valence-corrected chi connectivity index (χ4v) is 2.04. The summed E-state index contributed by atoms with van der Waals surface area (Å²) < 4.78 is 1.79. The molecule has 104 valence electrons. The summed E-state index contributed by atoms with van der Waals surface area (Å²) in [7, 11) is 0. The highest BCUT2D eigenvalue weighted by atomic mass is 16.1. The predicted octanol–water partition coefficient (Wildman–Crippen LogP) is 2.83. The van der Waals surface area contributed by atoms with Gasteiger partial charge in [-0.25, -0.2) is 4.68 Å². The van der Waals surface area contributed by atoms with E-state index < -0.39 is 0 Å². The van der Waals surface area contributed by atoms with Crippen LogP contribution in [0.25, 0.3) is 5.69 Å². The van der Waals surface area contributed by atoms with Gasteiger partial charge in [0.2, 0.25) is 0 Å². The predicted molar refractivity (Wildman–Crippen MR) is 80.5 cm³/mol. The van der Waals surface area contributed by atoms with Gasteiger partial charge in [-0.1, -0.05) is 24.3 Å². The molecular formula is C16H14N4O. The third kappa shape index (κ3) is 2.81. The van der Waals surface area contributed by atoms with Crippen molar-refractivity contribution in [2.75, 3.05) is 5.32 Å². The number of rotatable bonds is 3. The van der Waals surface area contributed by atoms with Gasteiger partial charge >= 0.3 is 0 Å². The molecule has 0 saturated carbocycles. The number of hydrogen-bond acceptors (Lipinski definition) is 3. The van der Waals surface area contributed by atoms with E-state index in [9.17, 15) is 4.79 Å². The fraction of sp³-hybridized carbons (Fsp3) is 0.0625. The smallest absolute Gasteiger partial charge is 0.275 e. The molecule has 0 aliphatic rings. The number of nitrogens with zero attached hydrogens (tertiary/aromatic N) is 3. The van der Waals surface area contributed by atoms with E-state index in [0.29, 0.717) is 11.5 Å². The van der Waals surface area contributed by atoms with E-state index in [1.807, 2.05) is 43.3 Å². The van der Waals surface area contributed by atoms with Crippen molar-refractivity contribution in [1.82, 2.24) is 14.8 Å². The first-order valence-electron chi connectivity index (χ1n) is 6.58. The molecule has 2 heterocycles. The lowest BCUT2D eigenvalue weighted by Gasteiger charge is -2.03. The lowest BCUT2D eigenvalue weighted by Crippen LogP contribution is -2.14. The van der Waals surface area contributed by atoms with Crippen molar-refractivity contribution < 1.29 is 4.79 Å². The molecule has 3 rings (SSSR count). The highest BCUT2D eigenvalue weighted by Gasteiger charge is 2.11. The maximum Gasteiger partial charge on any atom is 0.275 e. The number of benzene rings is 1. The molecule has 5 heteroatoms. The van der Waals surface area contributed by atoms with Crippen LogP contribution in [0.5, 0.6) is 0 Å². The van der Waals surface area contributed by atoms with Crippen molar-refractivity contribution >= 4 is 11.7 Å². The van der Waals surface area contributed by atoms with Gasteiger partial charge in [0.05, 0.1) is 5.69 Å². The molecule has 0 atom stereocenters. The molecule has 0 unspecified atom stereocenters. The van der Waals surface area contributed by atoms with Gasteiger partial charge in [0.25, 0.3) is 5.91 Å². The zero-order valence-corrected chi connectivity index (χ0v) is 11.5. The quantitative estimate of drug-likeness (QED) is 0.801. The van der Waals surface area contributed by atoms with Crippen molar-refractivity contribution in [1.29, 1.82) is 0 Å². The lowest BCUT2D eigenvalue weighted by atomic mass is 10.3. The molecule has 21 heavy (non-hydrogen) atoms. The number of carbonyl (C=O) groups is 1. The molecule has 1 N–H and O–H groups in total. The third-order valence-electron chi connectivity index (χ3n) is 3.03. The molecule has 1 aromatic carbocycles. The van der Waals surface area contributed by atoms with E-state index in [1.54, 1.807) is 29.1 Å². The summed E-state index contributed by atoms with van der Waals surface area (Å²) in [5.74, 6) is 0.236. The van der Waals surface area contributed by atoms with Gasteiger partial charge in [-0.2, -0.15) is 0 Å². The van der Waals surface area contributed by atoms with Crippen LogP contribution in [0.4, 0.5) is 5.82 Å².